The third-order valence-corrected chi connectivity index (χ3v) is 5.78. The first-order valence-corrected chi connectivity index (χ1v) is 10.1. The molecule has 0 radical (unpaired) electrons. The van der Waals surface area contributed by atoms with E-state index in [1.54, 1.807) is 6.20 Å². The van der Waals surface area contributed by atoms with Crippen LogP contribution in [0.2, 0.25) is 5.02 Å². The minimum atomic E-state index is -0.206. The van der Waals surface area contributed by atoms with Crippen molar-refractivity contribution >= 4 is 23.4 Å². The normalized spacial score (nSPS) is 18.9. The Balaban J connectivity index is 1.52. The van der Waals surface area contributed by atoms with Crippen molar-refractivity contribution < 1.29 is 4.79 Å². The summed E-state index contributed by atoms with van der Waals surface area (Å²) < 4.78 is 2.22. The van der Waals surface area contributed by atoms with Crippen molar-refractivity contribution in [2.45, 2.75) is 65.0 Å². The van der Waals surface area contributed by atoms with Gasteiger partial charge in [-0.3, -0.25) is 5.32 Å². The van der Waals surface area contributed by atoms with Crippen molar-refractivity contribution in [1.82, 2.24) is 19.9 Å². The van der Waals surface area contributed by atoms with Gasteiger partial charge in [0.2, 0.25) is 0 Å². The van der Waals surface area contributed by atoms with E-state index in [0.29, 0.717) is 10.8 Å². The molecule has 1 aliphatic carbocycles. The average Bonchev–Trinajstić information content (AvgIpc) is 3.12. The number of carbonyl (C=O) groups is 1. The van der Waals surface area contributed by atoms with Gasteiger partial charge in [-0.15, -0.1) is 0 Å². The van der Waals surface area contributed by atoms with E-state index in [4.69, 9.17) is 11.6 Å². The monoisotopic (exact) mass is 387 g/mol. The third-order valence-electron chi connectivity index (χ3n) is 5.47. The Labute approximate surface area is 164 Å². The van der Waals surface area contributed by atoms with Gasteiger partial charge in [-0.1, -0.05) is 44.7 Å². The number of nitrogens with zero attached hydrogens (tertiary/aromatic N) is 3. The predicted molar refractivity (Wildman–Crippen MR) is 107 cm³/mol. The number of hydrogen-bond donors (Lipinski definition) is 2. The van der Waals surface area contributed by atoms with Crippen molar-refractivity contribution in [3.05, 3.63) is 29.3 Å². The van der Waals surface area contributed by atoms with E-state index in [1.165, 1.54) is 19.3 Å². The fourth-order valence-corrected chi connectivity index (χ4v) is 4.35. The third kappa shape index (κ3) is 3.95. The van der Waals surface area contributed by atoms with Crippen LogP contribution in [0.25, 0.3) is 11.3 Å². The topological polar surface area (TPSA) is 71.8 Å². The summed E-state index contributed by atoms with van der Waals surface area (Å²) in [7, 11) is 0. The summed E-state index contributed by atoms with van der Waals surface area (Å²) in [5.41, 5.74) is 2.01. The number of anilines is 1. The van der Waals surface area contributed by atoms with Gasteiger partial charge in [-0.25, -0.2) is 14.8 Å². The number of nitrogens with one attached hydrogen (secondary N) is 2. The Bertz CT molecular complexity index is 854. The molecule has 0 aromatic carbocycles. The molecule has 2 N–H and O–H groups in total. The highest BCUT2D eigenvalue weighted by Crippen LogP contribution is 2.37. The molecule has 6 nitrogen and oxygen atoms in total. The van der Waals surface area contributed by atoms with Crippen LogP contribution in [-0.2, 0) is 13.0 Å². The second kappa shape index (κ2) is 7.15. The van der Waals surface area contributed by atoms with Crippen LogP contribution in [0, 0.1) is 5.41 Å². The van der Waals surface area contributed by atoms with Crippen molar-refractivity contribution in [3.63, 3.8) is 0 Å². The number of rotatable bonds is 3. The van der Waals surface area contributed by atoms with E-state index in [0.717, 1.165) is 42.9 Å². The smallest absolute Gasteiger partial charge is 0.320 e. The number of carbonyl (C=O) groups excluding carboxylic acids is 1. The fraction of sp³-hybridized carbons (Fsp3) is 0.550. The molecular weight excluding hydrogens is 362 g/mol. The molecule has 7 heteroatoms. The van der Waals surface area contributed by atoms with Crippen LogP contribution in [0.1, 0.15) is 51.8 Å². The van der Waals surface area contributed by atoms with Crippen molar-refractivity contribution in [3.8, 4) is 11.3 Å². The van der Waals surface area contributed by atoms with Gasteiger partial charge in [0.1, 0.15) is 11.6 Å². The number of halogens is 1. The number of hydrogen-bond acceptors (Lipinski definition) is 3. The van der Waals surface area contributed by atoms with E-state index in [1.807, 2.05) is 12.3 Å². The maximum Gasteiger partial charge on any atom is 0.320 e. The average molecular weight is 388 g/mol. The fourth-order valence-electron chi connectivity index (χ4n) is 4.15. The number of aromatic nitrogens is 3. The highest BCUT2D eigenvalue weighted by atomic mass is 35.5. The van der Waals surface area contributed by atoms with Crippen LogP contribution in [-0.4, -0.2) is 26.6 Å². The predicted octanol–water partition coefficient (Wildman–Crippen LogP) is 4.64. The molecule has 2 aromatic rings. The van der Waals surface area contributed by atoms with Gasteiger partial charge in [0, 0.05) is 30.8 Å². The van der Waals surface area contributed by atoms with Gasteiger partial charge in [-0.05, 0) is 24.3 Å². The van der Waals surface area contributed by atoms with Crippen LogP contribution in [0.3, 0.4) is 0 Å². The number of pyridine rings is 1. The molecule has 1 fully saturated rings. The Kier molecular flexibility index (Phi) is 4.84. The second-order valence-electron chi connectivity index (χ2n) is 8.47. The number of urea groups is 1. The van der Waals surface area contributed by atoms with E-state index < -0.39 is 0 Å². The molecule has 144 valence electrons. The van der Waals surface area contributed by atoms with Crippen molar-refractivity contribution in [1.29, 1.82) is 0 Å². The van der Waals surface area contributed by atoms with Crippen LogP contribution < -0.4 is 10.6 Å². The molecule has 2 aliphatic rings. The molecule has 0 unspecified atom stereocenters. The van der Waals surface area contributed by atoms with E-state index in [2.05, 4.69) is 39.0 Å². The van der Waals surface area contributed by atoms with Gasteiger partial charge >= 0.3 is 6.03 Å². The van der Waals surface area contributed by atoms with E-state index >= 15 is 0 Å². The molecular formula is C20H26ClN5O. The highest BCUT2D eigenvalue weighted by molar-refractivity contribution is 6.33. The largest absolute Gasteiger partial charge is 0.335 e. The van der Waals surface area contributed by atoms with Crippen LogP contribution in [0.15, 0.2) is 18.5 Å². The lowest BCUT2D eigenvalue weighted by Crippen LogP contribution is -2.39. The zero-order valence-electron chi connectivity index (χ0n) is 15.9. The molecule has 0 spiro atoms. The zero-order chi connectivity index (χ0) is 19.0. The Morgan fingerprint density at radius 1 is 1.22 bits per heavy atom. The lowest BCUT2D eigenvalue weighted by molar-refractivity contribution is 0.244. The molecule has 3 heterocycles. The highest BCUT2D eigenvalue weighted by Gasteiger charge is 2.31. The summed E-state index contributed by atoms with van der Waals surface area (Å²) in [5.74, 6) is 1.57. The minimum Gasteiger partial charge on any atom is -0.335 e. The Morgan fingerprint density at radius 2 is 2.00 bits per heavy atom. The quantitative estimate of drug-likeness (QED) is 0.806. The van der Waals surface area contributed by atoms with Gasteiger partial charge in [0.25, 0.3) is 0 Å². The van der Waals surface area contributed by atoms with Gasteiger partial charge in [0.05, 0.1) is 16.9 Å². The zero-order valence-corrected chi connectivity index (χ0v) is 16.6. The van der Waals surface area contributed by atoms with Gasteiger partial charge in [-0.2, -0.15) is 0 Å². The number of imidazole rings is 1. The summed E-state index contributed by atoms with van der Waals surface area (Å²) in [5, 5.41) is 6.46. The molecule has 1 saturated carbocycles. The minimum absolute atomic E-state index is 0.193. The summed E-state index contributed by atoms with van der Waals surface area (Å²) in [6.45, 7) is 5.38. The second-order valence-corrected chi connectivity index (χ2v) is 8.88. The van der Waals surface area contributed by atoms with E-state index in [-0.39, 0.29) is 17.5 Å². The van der Waals surface area contributed by atoms with Crippen LogP contribution in [0.5, 0.6) is 0 Å². The van der Waals surface area contributed by atoms with E-state index in [9.17, 15) is 4.79 Å². The molecule has 2 aromatic heterocycles. The molecule has 4 rings (SSSR count). The maximum atomic E-state index is 12.3. The molecule has 2 amide bonds. The summed E-state index contributed by atoms with van der Waals surface area (Å²) in [6, 6.07) is 1.88. The molecule has 1 aliphatic heterocycles. The molecule has 0 atom stereocenters. The summed E-state index contributed by atoms with van der Waals surface area (Å²) >= 11 is 6.42. The number of fused-ring (bicyclic) bond motifs is 1. The van der Waals surface area contributed by atoms with Crippen LogP contribution >= 0.6 is 11.6 Å². The van der Waals surface area contributed by atoms with Gasteiger partial charge < -0.3 is 9.88 Å². The molecule has 0 saturated heterocycles. The summed E-state index contributed by atoms with van der Waals surface area (Å²) in [6.07, 6.45) is 10.1. The lowest BCUT2D eigenvalue weighted by Gasteiger charge is -2.22. The molecule has 27 heavy (non-hydrogen) atoms. The standard InChI is InChI=1S/C20H26ClN5O/c1-20(2)9-18-23-11-16(26(18)12-20)14-8-17(22-10-15(14)21)25-19(27)24-13-6-4-3-5-7-13/h8,10-11,13H,3-7,9,12H2,1-2H3,(H2,22,24,25,27). The first-order valence-electron chi connectivity index (χ1n) is 9.69. The van der Waals surface area contributed by atoms with Crippen molar-refractivity contribution in [2.24, 2.45) is 5.41 Å². The molecule has 0 bridgehead atoms. The Hall–Kier alpha value is -2.08. The SMILES string of the molecule is CC1(C)Cc2ncc(-c3cc(NC(=O)NC4CCCCC4)ncc3Cl)n2C1. The van der Waals surface area contributed by atoms with Gasteiger partial charge in [0.15, 0.2) is 0 Å². The first kappa shape index (κ1) is 18.3. The Morgan fingerprint density at radius 3 is 2.78 bits per heavy atom. The maximum absolute atomic E-state index is 12.3. The number of amides is 2. The van der Waals surface area contributed by atoms with Crippen molar-refractivity contribution in [2.75, 3.05) is 5.32 Å². The summed E-state index contributed by atoms with van der Waals surface area (Å²) in [4.78, 5) is 21.2. The van der Waals surface area contributed by atoms with Crippen LogP contribution in [0.4, 0.5) is 10.6 Å². The first-order chi connectivity index (χ1) is 12.9. The lowest BCUT2D eigenvalue weighted by atomic mass is 9.92.